The number of rotatable bonds is 13. The normalized spacial score (nSPS) is 13.4. The number of aliphatic hydroxyl groups is 1. The lowest BCUT2D eigenvalue weighted by molar-refractivity contribution is 0.0812. The molecule has 0 aliphatic rings. The minimum atomic E-state index is -0.335. The first-order valence-corrected chi connectivity index (χ1v) is 7.19. The average Bonchev–Trinajstić information content (AvgIpc) is 2.35. The molecule has 5 heteroatoms. The summed E-state index contributed by atoms with van der Waals surface area (Å²) in [5.41, 5.74) is 0. The maximum Gasteiger partial charge on any atom is 0.0791 e. The van der Waals surface area contributed by atoms with Crippen LogP contribution < -0.4 is 5.32 Å². The van der Waals surface area contributed by atoms with Gasteiger partial charge in [0.1, 0.15) is 0 Å². The molecule has 0 bridgehead atoms. The number of nitrogens with zero attached hydrogens (tertiary/aromatic N) is 1. The highest BCUT2D eigenvalue weighted by molar-refractivity contribution is 4.67. The van der Waals surface area contributed by atoms with Crippen molar-refractivity contribution in [2.24, 2.45) is 5.92 Å². The smallest absolute Gasteiger partial charge is 0.0791 e. The molecule has 2 N–H and O–H groups in total. The van der Waals surface area contributed by atoms with E-state index in [1.807, 2.05) is 0 Å². The van der Waals surface area contributed by atoms with Gasteiger partial charge in [0.25, 0.3) is 0 Å². The van der Waals surface area contributed by atoms with Gasteiger partial charge in [-0.15, -0.1) is 0 Å². The van der Waals surface area contributed by atoms with Crippen molar-refractivity contribution in [3.63, 3.8) is 0 Å². The predicted molar refractivity (Wildman–Crippen MR) is 78.5 cm³/mol. The van der Waals surface area contributed by atoms with Crippen molar-refractivity contribution in [2.45, 2.75) is 26.4 Å². The van der Waals surface area contributed by atoms with E-state index in [0.717, 1.165) is 32.7 Å². The second-order valence-electron chi connectivity index (χ2n) is 5.35. The molecule has 5 nitrogen and oxygen atoms in total. The number of hydrogen-bond acceptors (Lipinski definition) is 5. The standard InChI is InChI=1S/C14H32N2O3/c1-13(2)10-15-11-14(17)12-16(7-9-19-4)6-5-8-18-3/h13-15,17H,5-12H2,1-4H3. The molecule has 0 aromatic rings. The SMILES string of the molecule is COCCCN(CCOC)CC(O)CNCC(C)C. The van der Waals surface area contributed by atoms with Gasteiger partial charge in [-0.25, -0.2) is 0 Å². The average molecular weight is 276 g/mol. The van der Waals surface area contributed by atoms with E-state index in [0.29, 0.717) is 25.6 Å². The Morgan fingerprint density at radius 3 is 2.32 bits per heavy atom. The van der Waals surface area contributed by atoms with Gasteiger partial charge in [0.15, 0.2) is 0 Å². The molecule has 0 amide bonds. The van der Waals surface area contributed by atoms with Crippen LogP contribution in [-0.2, 0) is 9.47 Å². The van der Waals surface area contributed by atoms with Gasteiger partial charge in [0.05, 0.1) is 12.7 Å². The molecule has 1 atom stereocenters. The van der Waals surface area contributed by atoms with Crippen molar-refractivity contribution in [3.8, 4) is 0 Å². The highest BCUT2D eigenvalue weighted by Gasteiger charge is 2.11. The van der Waals surface area contributed by atoms with Gasteiger partial charge in [0, 0.05) is 47.0 Å². The fraction of sp³-hybridized carbons (Fsp3) is 1.00. The molecule has 116 valence electrons. The monoisotopic (exact) mass is 276 g/mol. The maximum absolute atomic E-state index is 10.0. The summed E-state index contributed by atoms with van der Waals surface area (Å²) < 4.78 is 10.2. The minimum absolute atomic E-state index is 0.335. The van der Waals surface area contributed by atoms with Gasteiger partial charge in [-0.1, -0.05) is 13.8 Å². The highest BCUT2D eigenvalue weighted by atomic mass is 16.5. The fourth-order valence-electron chi connectivity index (χ4n) is 1.85. The summed E-state index contributed by atoms with van der Waals surface area (Å²) in [5, 5.41) is 13.3. The van der Waals surface area contributed by atoms with E-state index >= 15 is 0 Å². The van der Waals surface area contributed by atoms with Gasteiger partial charge in [-0.05, 0) is 18.9 Å². The third-order valence-corrected chi connectivity index (χ3v) is 2.84. The van der Waals surface area contributed by atoms with Crippen LogP contribution in [0.3, 0.4) is 0 Å². The quantitative estimate of drug-likeness (QED) is 0.482. The Kier molecular flexibility index (Phi) is 12.7. The van der Waals surface area contributed by atoms with Crippen molar-refractivity contribution in [2.75, 3.05) is 60.2 Å². The molecular formula is C14H32N2O3. The van der Waals surface area contributed by atoms with Crippen LogP contribution in [0.25, 0.3) is 0 Å². The van der Waals surface area contributed by atoms with Crippen LogP contribution in [0.1, 0.15) is 20.3 Å². The summed E-state index contributed by atoms with van der Waals surface area (Å²) in [6.45, 7) is 9.82. The van der Waals surface area contributed by atoms with Gasteiger partial charge >= 0.3 is 0 Å². The minimum Gasteiger partial charge on any atom is -0.390 e. The van der Waals surface area contributed by atoms with E-state index in [4.69, 9.17) is 9.47 Å². The second-order valence-corrected chi connectivity index (χ2v) is 5.35. The first-order valence-electron chi connectivity index (χ1n) is 7.19. The molecule has 0 aliphatic carbocycles. The van der Waals surface area contributed by atoms with Crippen molar-refractivity contribution in [1.29, 1.82) is 0 Å². The van der Waals surface area contributed by atoms with Crippen molar-refractivity contribution < 1.29 is 14.6 Å². The lowest BCUT2D eigenvalue weighted by atomic mass is 10.2. The van der Waals surface area contributed by atoms with Gasteiger partial charge in [-0.3, -0.25) is 4.90 Å². The summed E-state index contributed by atoms with van der Waals surface area (Å²) in [6.07, 6.45) is 0.643. The predicted octanol–water partition coefficient (Wildman–Crippen LogP) is 0.578. The lowest BCUT2D eigenvalue weighted by Crippen LogP contribution is -2.41. The molecule has 0 heterocycles. The van der Waals surface area contributed by atoms with E-state index in [2.05, 4.69) is 24.1 Å². The van der Waals surface area contributed by atoms with Gasteiger partial charge in [0.2, 0.25) is 0 Å². The van der Waals surface area contributed by atoms with Crippen LogP contribution in [-0.4, -0.2) is 76.3 Å². The summed E-state index contributed by atoms with van der Waals surface area (Å²) >= 11 is 0. The summed E-state index contributed by atoms with van der Waals surface area (Å²) in [7, 11) is 3.41. The van der Waals surface area contributed by atoms with E-state index in [1.165, 1.54) is 0 Å². The number of methoxy groups -OCH3 is 2. The topological polar surface area (TPSA) is 54.0 Å². The van der Waals surface area contributed by atoms with E-state index in [1.54, 1.807) is 14.2 Å². The molecule has 0 spiro atoms. The van der Waals surface area contributed by atoms with Crippen LogP contribution in [0, 0.1) is 5.92 Å². The Morgan fingerprint density at radius 1 is 1.05 bits per heavy atom. The number of aliphatic hydroxyl groups excluding tert-OH is 1. The van der Waals surface area contributed by atoms with E-state index in [9.17, 15) is 5.11 Å². The number of nitrogens with one attached hydrogen (secondary N) is 1. The molecular weight excluding hydrogens is 244 g/mol. The lowest BCUT2D eigenvalue weighted by Gasteiger charge is -2.25. The zero-order valence-electron chi connectivity index (χ0n) is 13.0. The fourth-order valence-corrected chi connectivity index (χ4v) is 1.85. The van der Waals surface area contributed by atoms with Crippen LogP contribution in [0.4, 0.5) is 0 Å². The third kappa shape index (κ3) is 12.6. The van der Waals surface area contributed by atoms with Crippen molar-refractivity contribution >= 4 is 0 Å². The Morgan fingerprint density at radius 2 is 1.74 bits per heavy atom. The first-order chi connectivity index (χ1) is 9.10. The van der Waals surface area contributed by atoms with Crippen LogP contribution in [0.2, 0.25) is 0 Å². The highest BCUT2D eigenvalue weighted by Crippen LogP contribution is 1.96. The third-order valence-electron chi connectivity index (χ3n) is 2.84. The van der Waals surface area contributed by atoms with E-state index in [-0.39, 0.29) is 6.10 Å². The Bertz CT molecular complexity index is 192. The van der Waals surface area contributed by atoms with Crippen LogP contribution in [0.5, 0.6) is 0 Å². The van der Waals surface area contributed by atoms with Crippen LogP contribution in [0.15, 0.2) is 0 Å². The number of hydrogen-bond donors (Lipinski definition) is 2. The molecule has 0 radical (unpaired) electrons. The molecule has 0 aromatic heterocycles. The van der Waals surface area contributed by atoms with Crippen LogP contribution >= 0.6 is 0 Å². The maximum atomic E-state index is 10.0. The molecule has 0 rings (SSSR count). The van der Waals surface area contributed by atoms with Gasteiger partial charge < -0.3 is 19.9 Å². The Balaban J connectivity index is 3.85. The molecule has 0 aliphatic heterocycles. The first kappa shape index (κ1) is 18.8. The molecule has 0 saturated heterocycles. The van der Waals surface area contributed by atoms with E-state index < -0.39 is 0 Å². The summed E-state index contributed by atoms with van der Waals surface area (Å²) in [4.78, 5) is 2.23. The van der Waals surface area contributed by atoms with Crippen molar-refractivity contribution in [1.82, 2.24) is 10.2 Å². The van der Waals surface area contributed by atoms with Crippen molar-refractivity contribution in [3.05, 3.63) is 0 Å². The molecule has 0 aromatic carbocycles. The summed E-state index contributed by atoms with van der Waals surface area (Å²) in [6, 6.07) is 0. The van der Waals surface area contributed by atoms with Gasteiger partial charge in [-0.2, -0.15) is 0 Å². The molecule has 0 saturated carbocycles. The molecule has 19 heavy (non-hydrogen) atoms. The number of ether oxygens (including phenoxy) is 2. The molecule has 0 fully saturated rings. The zero-order valence-corrected chi connectivity index (χ0v) is 13.0. The zero-order chi connectivity index (χ0) is 14.5. The summed E-state index contributed by atoms with van der Waals surface area (Å²) in [5.74, 6) is 0.610. The molecule has 1 unspecified atom stereocenters. The Hall–Kier alpha value is -0.200. The largest absolute Gasteiger partial charge is 0.390 e. The Labute approximate surface area is 118 Å². The second kappa shape index (κ2) is 12.8.